The minimum atomic E-state index is -0.237. The van der Waals surface area contributed by atoms with Crippen molar-refractivity contribution >= 4 is 66.7 Å². The standard InChI is InChI=1S/C45H53N3O4/c1-3-5-7-13-17-29(16-6-4-2)28-48-44(51)36-24-20-32-30-18-22-34-40-35(43(50)47(42(34)49)27-15-12-10-8-9-11-14-26-46)23-19-31(38(30)40)33-21-25-37(45(48)52)41(36)39(32)33/h18-25,29H,3-17,26-28,46H2,1-2H3. The summed E-state index contributed by atoms with van der Waals surface area (Å²) >= 11 is 0. The molecule has 0 bridgehead atoms. The van der Waals surface area contributed by atoms with Crippen LogP contribution >= 0.6 is 0 Å². The van der Waals surface area contributed by atoms with Crippen molar-refractivity contribution in [1.82, 2.24) is 9.80 Å². The second-order valence-corrected chi connectivity index (χ2v) is 15.2. The van der Waals surface area contributed by atoms with Crippen LogP contribution in [0, 0.1) is 5.92 Å². The number of nitrogens with zero attached hydrogens (tertiary/aromatic N) is 2. The average molecular weight is 700 g/mol. The maximum absolute atomic E-state index is 14.2. The molecule has 7 heteroatoms. The van der Waals surface area contributed by atoms with Gasteiger partial charge in [0.25, 0.3) is 23.6 Å². The van der Waals surface area contributed by atoms with Crippen LogP contribution in [0.2, 0.25) is 0 Å². The molecule has 2 aliphatic rings. The highest BCUT2D eigenvalue weighted by Crippen LogP contribution is 2.46. The fraction of sp³-hybridized carbons (Fsp3) is 0.467. The lowest BCUT2D eigenvalue weighted by molar-refractivity contribution is 0.0571. The van der Waals surface area contributed by atoms with Gasteiger partial charge in [-0.25, -0.2) is 0 Å². The van der Waals surface area contributed by atoms with Crippen molar-refractivity contribution in [3.63, 3.8) is 0 Å². The molecule has 5 aromatic rings. The number of imide groups is 2. The molecule has 2 heterocycles. The zero-order chi connectivity index (χ0) is 36.4. The van der Waals surface area contributed by atoms with Gasteiger partial charge in [0.05, 0.1) is 0 Å². The minimum absolute atomic E-state index is 0.213. The summed E-state index contributed by atoms with van der Waals surface area (Å²) in [6.07, 6.45) is 16.3. The van der Waals surface area contributed by atoms with Crippen LogP contribution in [0.15, 0.2) is 48.5 Å². The summed E-state index contributed by atoms with van der Waals surface area (Å²) in [6, 6.07) is 15.5. The quantitative estimate of drug-likeness (QED) is 0.0400. The SMILES string of the molecule is CCCCCCC(CCCC)CN1C(=O)c2ccc3c4ccc5c6c(ccc(c7ccc(c2c37)C1=O)c64)C(=O)N(CCCCCCCCCN)C5=O. The monoisotopic (exact) mass is 699 g/mol. The molecule has 7 nitrogen and oxygen atoms in total. The molecule has 0 saturated carbocycles. The molecular formula is C45H53N3O4. The lowest BCUT2D eigenvalue weighted by Crippen LogP contribution is -2.43. The van der Waals surface area contributed by atoms with Gasteiger partial charge in [-0.1, -0.05) is 109 Å². The Kier molecular flexibility index (Phi) is 10.9. The Morgan fingerprint density at radius 3 is 1.33 bits per heavy atom. The second kappa shape index (κ2) is 15.7. The number of unbranched alkanes of at least 4 members (excludes halogenated alkanes) is 10. The molecule has 4 amide bonds. The number of amides is 4. The molecule has 7 rings (SSSR count). The lowest BCUT2D eigenvalue weighted by atomic mass is 9.82. The van der Waals surface area contributed by atoms with E-state index in [9.17, 15) is 19.2 Å². The molecule has 0 spiro atoms. The molecule has 5 aromatic carbocycles. The molecule has 0 radical (unpaired) electrons. The van der Waals surface area contributed by atoms with E-state index in [1.807, 2.05) is 48.5 Å². The molecule has 0 aliphatic carbocycles. The smallest absolute Gasteiger partial charge is 0.261 e. The fourth-order valence-corrected chi connectivity index (χ4v) is 8.97. The number of hydrogen-bond acceptors (Lipinski definition) is 5. The lowest BCUT2D eigenvalue weighted by Gasteiger charge is -2.32. The third-order valence-electron chi connectivity index (χ3n) is 11.8. The van der Waals surface area contributed by atoms with Crippen LogP contribution in [-0.2, 0) is 0 Å². The van der Waals surface area contributed by atoms with E-state index in [0.717, 1.165) is 109 Å². The van der Waals surface area contributed by atoms with Gasteiger partial charge in [-0.05, 0) is 94.7 Å². The highest BCUT2D eigenvalue weighted by atomic mass is 16.2. The van der Waals surface area contributed by atoms with Gasteiger partial charge < -0.3 is 5.73 Å². The Morgan fingerprint density at radius 1 is 0.462 bits per heavy atom. The Balaban J connectivity index is 1.21. The van der Waals surface area contributed by atoms with E-state index in [2.05, 4.69) is 13.8 Å². The summed E-state index contributed by atoms with van der Waals surface area (Å²) in [4.78, 5) is 59.1. The van der Waals surface area contributed by atoms with Gasteiger partial charge in [-0.2, -0.15) is 0 Å². The number of benzene rings is 5. The van der Waals surface area contributed by atoms with Crippen molar-refractivity contribution < 1.29 is 19.2 Å². The Bertz CT molecular complexity index is 2030. The van der Waals surface area contributed by atoms with E-state index in [4.69, 9.17) is 5.73 Å². The topological polar surface area (TPSA) is 101 Å². The average Bonchev–Trinajstić information content (AvgIpc) is 3.16. The van der Waals surface area contributed by atoms with Crippen molar-refractivity contribution in [1.29, 1.82) is 0 Å². The largest absolute Gasteiger partial charge is 0.330 e. The van der Waals surface area contributed by atoms with Crippen LogP contribution in [0.3, 0.4) is 0 Å². The van der Waals surface area contributed by atoms with E-state index >= 15 is 0 Å². The van der Waals surface area contributed by atoms with Crippen molar-refractivity contribution in [3.05, 3.63) is 70.8 Å². The molecule has 52 heavy (non-hydrogen) atoms. The van der Waals surface area contributed by atoms with Gasteiger partial charge in [-0.3, -0.25) is 29.0 Å². The second-order valence-electron chi connectivity index (χ2n) is 15.2. The molecule has 2 aliphatic heterocycles. The van der Waals surface area contributed by atoms with Crippen LogP contribution in [-0.4, -0.2) is 53.1 Å². The Labute approximate surface area is 307 Å². The summed E-state index contributed by atoms with van der Waals surface area (Å²) in [7, 11) is 0. The fourth-order valence-electron chi connectivity index (χ4n) is 8.97. The third kappa shape index (κ3) is 6.35. The van der Waals surface area contributed by atoms with Gasteiger partial charge >= 0.3 is 0 Å². The Hall–Kier alpha value is -4.36. The van der Waals surface area contributed by atoms with E-state index in [-0.39, 0.29) is 23.6 Å². The molecule has 272 valence electrons. The normalized spacial score (nSPS) is 15.1. The van der Waals surface area contributed by atoms with Gasteiger partial charge in [0.1, 0.15) is 0 Å². The molecule has 2 N–H and O–H groups in total. The number of fused-ring (bicyclic) bond motifs is 2. The number of hydrogen-bond donors (Lipinski definition) is 1. The molecule has 0 aromatic heterocycles. The summed E-state index contributed by atoms with van der Waals surface area (Å²) in [5.74, 6) is -0.605. The van der Waals surface area contributed by atoms with E-state index in [1.165, 1.54) is 35.5 Å². The van der Waals surface area contributed by atoms with Crippen LogP contribution < -0.4 is 5.73 Å². The molecule has 0 saturated heterocycles. The van der Waals surface area contributed by atoms with Gasteiger partial charge in [0.2, 0.25) is 0 Å². The maximum Gasteiger partial charge on any atom is 0.261 e. The predicted molar refractivity (Wildman–Crippen MR) is 212 cm³/mol. The molecule has 0 fully saturated rings. The number of nitrogens with two attached hydrogens (primary N) is 1. The zero-order valence-corrected chi connectivity index (χ0v) is 31.0. The minimum Gasteiger partial charge on any atom is -0.330 e. The predicted octanol–water partition coefficient (Wildman–Crippen LogP) is 10.4. The number of rotatable bonds is 19. The van der Waals surface area contributed by atoms with Crippen LogP contribution in [0.25, 0.3) is 43.1 Å². The molecular weight excluding hydrogens is 647 g/mol. The van der Waals surface area contributed by atoms with Crippen LogP contribution in [0.5, 0.6) is 0 Å². The zero-order valence-electron chi connectivity index (χ0n) is 31.0. The van der Waals surface area contributed by atoms with Crippen molar-refractivity contribution in [3.8, 4) is 0 Å². The number of carbonyl (C=O) groups excluding carboxylic acids is 4. The Morgan fingerprint density at radius 2 is 0.865 bits per heavy atom. The third-order valence-corrected chi connectivity index (χ3v) is 11.8. The van der Waals surface area contributed by atoms with Crippen molar-refractivity contribution in [2.75, 3.05) is 19.6 Å². The highest BCUT2D eigenvalue weighted by Gasteiger charge is 2.37. The first-order valence-corrected chi connectivity index (χ1v) is 20.0. The van der Waals surface area contributed by atoms with Crippen molar-refractivity contribution in [2.24, 2.45) is 11.7 Å². The van der Waals surface area contributed by atoms with Crippen LogP contribution in [0.4, 0.5) is 0 Å². The molecule has 1 atom stereocenters. The molecule has 1 unspecified atom stereocenters. The summed E-state index contributed by atoms with van der Waals surface area (Å²) in [5, 5.41) is 6.89. The highest BCUT2D eigenvalue weighted by molar-refractivity contribution is 6.41. The first-order chi connectivity index (χ1) is 25.4. The van der Waals surface area contributed by atoms with E-state index in [0.29, 0.717) is 52.0 Å². The summed E-state index contributed by atoms with van der Waals surface area (Å²) in [5.41, 5.74) is 7.85. The first kappa shape index (κ1) is 36.0. The van der Waals surface area contributed by atoms with E-state index < -0.39 is 0 Å². The van der Waals surface area contributed by atoms with Gasteiger partial charge in [0, 0.05) is 46.1 Å². The van der Waals surface area contributed by atoms with Crippen molar-refractivity contribution in [2.45, 2.75) is 110 Å². The van der Waals surface area contributed by atoms with Gasteiger partial charge in [-0.15, -0.1) is 0 Å². The summed E-state index contributed by atoms with van der Waals surface area (Å²) in [6.45, 7) is 6.01. The van der Waals surface area contributed by atoms with Crippen LogP contribution in [0.1, 0.15) is 152 Å². The maximum atomic E-state index is 14.2. The summed E-state index contributed by atoms with van der Waals surface area (Å²) < 4.78 is 0. The first-order valence-electron chi connectivity index (χ1n) is 20.0. The van der Waals surface area contributed by atoms with Gasteiger partial charge in [0.15, 0.2) is 0 Å². The van der Waals surface area contributed by atoms with E-state index in [1.54, 1.807) is 0 Å². The number of carbonyl (C=O) groups is 4.